The van der Waals surface area contributed by atoms with Gasteiger partial charge in [0.15, 0.2) is 5.69 Å². The number of aliphatic hydroxyl groups excluding tert-OH is 1. The number of aromatic nitrogens is 1. The fourth-order valence-electron chi connectivity index (χ4n) is 3.32. The largest absolute Gasteiger partial charge is 0.444 e. The molecule has 0 unspecified atom stereocenters. The number of rotatable bonds is 3. The van der Waals surface area contributed by atoms with Gasteiger partial charge in [-0.2, -0.15) is 0 Å². The fourth-order valence-corrected chi connectivity index (χ4v) is 3.32. The predicted molar refractivity (Wildman–Crippen MR) is 92.9 cm³/mol. The first-order chi connectivity index (χ1) is 12.3. The average Bonchev–Trinajstić information content (AvgIpc) is 3.17. The van der Waals surface area contributed by atoms with Crippen molar-refractivity contribution in [2.45, 2.75) is 12.5 Å². The second-order valence-corrected chi connectivity index (χ2v) is 6.05. The molecule has 1 aromatic heterocycles. The first-order valence-electron chi connectivity index (χ1n) is 8.28. The van der Waals surface area contributed by atoms with Gasteiger partial charge in [-0.1, -0.05) is 42.5 Å². The molecule has 5 nitrogen and oxygen atoms in total. The Labute approximate surface area is 145 Å². The fraction of sp³-hybridized carbons (Fsp3) is 0.200. The molecule has 5 heteroatoms. The molecule has 1 N–H and O–H groups in total. The SMILES string of the molecule is O=C(c1coc(-c2ccccc2)n1)N1CCc2ccccc2[C@@H]1CO. The Hall–Kier alpha value is -2.92. The third-order valence-electron chi connectivity index (χ3n) is 4.59. The van der Waals surface area contributed by atoms with Crippen molar-refractivity contribution in [3.8, 4) is 11.5 Å². The zero-order valence-corrected chi connectivity index (χ0v) is 13.6. The Morgan fingerprint density at radius 2 is 1.92 bits per heavy atom. The van der Waals surface area contributed by atoms with Gasteiger partial charge in [0.25, 0.3) is 5.91 Å². The van der Waals surface area contributed by atoms with Crippen LogP contribution in [0.3, 0.4) is 0 Å². The third kappa shape index (κ3) is 2.83. The maximum absolute atomic E-state index is 12.9. The molecule has 0 bridgehead atoms. The molecule has 0 saturated carbocycles. The van der Waals surface area contributed by atoms with Crippen LogP contribution in [0.4, 0.5) is 0 Å². The van der Waals surface area contributed by atoms with Gasteiger partial charge in [-0.25, -0.2) is 4.98 Å². The Balaban J connectivity index is 1.62. The molecule has 0 fully saturated rings. The molecule has 2 heterocycles. The summed E-state index contributed by atoms with van der Waals surface area (Å²) in [6.07, 6.45) is 2.15. The van der Waals surface area contributed by atoms with Crippen molar-refractivity contribution < 1.29 is 14.3 Å². The molecule has 2 aromatic carbocycles. The number of carbonyl (C=O) groups excluding carboxylic acids is 1. The van der Waals surface area contributed by atoms with Crippen molar-refractivity contribution in [1.82, 2.24) is 9.88 Å². The minimum Gasteiger partial charge on any atom is -0.444 e. The van der Waals surface area contributed by atoms with E-state index in [9.17, 15) is 9.90 Å². The normalized spacial score (nSPS) is 16.5. The quantitative estimate of drug-likeness (QED) is 0.799. The summed E-state index contributed by atoms with van der Waals surface area (Å²) in [6.45, 7) is 0.431. The summed E-state index contributed by atoms with van der Waals surface area (Å²) in [5, 5.41) is 9.85. The minimum absolute atomic E-state index is 0.119. The van der Waals surface area contributed by atoms with E-state index in [-0.39, 0.29) is 24.2 Å². The molecule has 1 atom stereocenters. The number of nitrogens with zero attached hydrogens (tertiary/aromatic N) is 2. The molecular weight excluding hydrogens is 316 g/mol. The lowest BCUT2D eigenvalue weighted by molar-refractivity contribution is 0.0563. The third-order valence-corrected chi connectivity index (χ3v) is 4.59. The van der Waals surface area contributed by atoms with E-state index in [1.165, 1.54) is 11.8 Å². The maximum atomic E-state index is 12.9. The smallest absolute Gasteiger partial charge is 0.276 e. The Bertz CT molecular complexity index is 889. The van der Waals surface area contributed by atoms with Crippen LogP contribution in [0.5, 0.6) is 0 Å². The number of amides is 1. The van der Waals surface area contributed by atoms with E-state index in [1.54, 1.807) is 4.90 Å². The summed E-state index contributed by atoms with van der Waals surface area (Å²) < 4.78 is 5.48. The molecule has 0 saturated heterocycles. The summed E-state index contributed by atoms with van der Waals surface area (Å²) in [7, 11) is 0. The van der Waals surface area contributed by atoms with Crippen LogP contribution in [0.25, 0.3) is 11.5 Å². The van der Waals surface area contributed by atoms with Crippen molar-refractivity contribution in [3.63, 3.8) is 0 Å². The summed E-state index contributed by atoms with van der Waals surface area (Å²) in [5.41, 5.74) is 3.26. The van der Waals surface area contributed by atoms with Gasteiger partial charge < -0.3 is 14.4 Å². The molecule has 0 aliphatic carbocycles. The molecule has 1 aliphatic heterocycles. The average molecular weight is 334 g/mol. The lowest BCUT2D eigenvalue weighted by Crippen LogP contribution is -2.41. The van der Waals surface area contributed by atoms with Crippen LogP contribution in [0, 0.1) is 0 Å². The number of aliphatic hydroxyl groups is 1. The highest BCUT2D eigenvalue weighted by Crippen LogP contribution is 2.30. The van der Waals surface area contributed by atoms with Crippen molar-refractivity contribution >= 4 is 5.91 Å². The zero-order chi connectivity index (χ0) is 17.2. The number of fused-ring (bicyclic) bond motifs is 1. The predicted octanol–water partition coefficient (Wildman–Crippen LogP) is 3.07. The minimum atomic E-state index is -0.352. The Kier molecular flexibility index (Phi) is 4.07. The molecule has 3 aromatic rings. The lowest BCUT2D eigenvalue weighted by atomic mass is 9.93. The number of hydrogen-bond acceptors (Lipinski definition) is 4. The summed E-state index contributed by atoms with van der Waals surface area (Å²) >= 11 is 0. The Morgan fingerprint density at radius 3 is 2.72 bits per heavy atom. The van der Waals surface area contributed by atoms with Crippen molar-refractivity contribution in [1.29, 1.82) is 0 Å². The van der Waals surface area contributed by atoms with Crippen LogP contribution >= 0.6 is 0 Å². The first kappa shape index (κ1) is 15.6. The van der Waals surface area contributed by atoms with E-state index in [4.69, 9.17) is 4.42 Å². The zero-order valence-electron chi connectivity index (χ0n) is 13.6. The van der Waals surface area contributed by atoms with Gasteiger partial charge >= 0.3 is 0 Å². The van der Waals surface area contributed by atoms with Crippen LogP contribution in [0.15, 0.2) is 65.3 Å². The summed E-state index contributed by atoms with van der Waals surface area (Å²) in [6, 6.07) is 17.0. The van der Waals surface area contributed by atoms with E-state index in [2.05, 4.69) is 4.98 Å². The molecule has 25 heavy (non-hydrogen) atoms. The number of hydrogen-bond donors (Lipinski definition) is 1. The molecule has 4 rings (SSSR count). The van der Waals surface area contributed by atoms with E-state index >= 15 is 0 Å². The highest BCUT2D eigenvalue weighted by atomic mass is 16.3. The second kappa shape index (κ2) is 6.53. The van der Waals surface area contributed by atoms with E-state index < -0.39 is 0 Å². The van der Waals surface area contributed by atoms with Gasteiger partial charge in [0.1, 0.15) is 6.26 Å². The van der Waals surface area contributed by atoms with Crippen LogP contribution in [-0.2, 0) is 6.42 Å². The van der Waals surface area contributed by atoms with Crippen LogP contribution in [-0.4, -0.2) is 34.0 Å². The first-order valence-corrected chi connectivity index (χ1v) is 8.28. The van der Waals surface area contributed by atoms with E-state index in [0.29, 0.717) is 12.4 Å². The van der Waals surface area contributed by atoms with Crippen LogP contribution in [0.2, 0.25) is 0 Å². The number of carbonyl (C=O) groups is 1. The van der Waals surface area contributed by atoms with Crippen LogP contribution in [0.1, 0.15) is 27.7 Å². The standard InChI is InChI=1S/C20H18N2O3/c23-12-18-16-9-5-4-6-14(16)10-11-22(18)20(24)17-13-25-19(21-17)15-7-2-1-3-8-15/h1-9,13,18,23H,10-12H2/t18-/m0/s1. The lowest BCUT2D eigenvalue weighted by Gasteiger charge is -2.35. The molecule has 126 valence electrons. The highest BCUT2D eigenvalue weighted by Gasteiger charge is 2.32. The van der Waals surface area contributed by atoms with Gasteiger partial charge in [-0.15, -0.1) is 0 Å². The van der Waals surface area contributed by atoms with Crippen molar-refractivity contribution in [2.24, 2.45) is 0 Å². The van der Waals surface area contributed by atoms with E-state index in [1.807, 2.05) is 54.6 Å². The monoisotopic (exact) mass is 334 g/mol. The topological polar surface area (TPSA) is 66.6 Å². The van der Waals surface area contributed by atoms with Gasteiger partial charge in [0.2, 0.25) is 5.89 Å². The van der Waals surface area contributed by atoms with Gasteiger partial charge in [-0.05, 0) is 29.7 Å². The summed E-state index contributed by atoms with van der Waals surface area (Å²) in [4.78, 5) is 18.9. The molecule has 0 spiro atoms. The van der Waals surface area contributed by atoms with Gasteiger partial charge in [0, 0.05) is 12.1 Å². The highest BCUT2D eigenvalue weighted by molar-refractivity contribution is 5.93. The maximum Gasteiger partial charge on any atom is 0.276 e. The summed E-state index contributed by atoms with van der Waals surface area (Å²) in [5.74, 6) is 0.196. The Morgan fingerprint density at radius 1 is 1.16 bits per heavy atom. The van der Waals surface area contributed by atoms with Crippen LogP contribution < -0.4 is 0 Å². The van der Waals surface area contributed by atoms with Gasteiger partial charge in [0.05, 0.1) is 12.6 Å². The molecule has 1 amide bonds. The second-order valence-electron chi connectivity index (χ2n) is 6.05. The van der Waals surface area contributed by atoms with E-state index in [0.717, 1.165) is 17.5 Å². The molecular formula is C20H18N2O3. The van der Waals surface area contributed by atoms with Gasteiger partial charge in [-0.3, -0.25) is 4.79 Å². The molecule has 1 aliphatic rings. The number of oxazole rings is 1. The number of benzene rings is 2. The van der Waals surface area contributed by atoms with Crippen molar-refractivity contribution in [3.05, 3.63) is 77.7 Å². The van der Waals surface area contributed by atoms with Crippen molar-refractivity contribution in [2.75, 3.05) is 13.2 Å². The molecule has 0 radical (unpaired) electrons.